The van der Waals surface area contributed by atoms with E-state index in [2.05, 4.69) is 21.9 Å². The Morgan fingerprint density at radius 2 is 1.77 bits per heavy atom. The van der Waals surface area contributed by atoms with Gasteiger partial charge in [0.05, 0.1) is 33.1 Å². The number of benzene rings is 1. The molecule has 0 aliphatic heterocycles. The number of methoxy groups -OCH3 is 3. The molecule has 1 heterocycles. The van der Waals surface area contributed by atoms with Crippen molar-refractivity contribution in [1.82, 2.24) is 5.43 Å². The van der Waals surface area contributed by atoms with E-state index in [0.717, 1.165) is 36.1 Å². The number of rotatable bonds is 6. The van der Waals surface area contributed by atoms with E-state index in [1.54, 1.807) is 12.1 Å². The first-order valence-corrected chi connectivity index (χ1v) is 10.3. The van der Waals surface area contributed by atoms with E-state index in [1.165, 1.54) is 38.9 Å². The Morgan fingerprint density at radius 1 is 1.10 bits per heavy atom. The molecule has 0 spiro atoms. The first-order valence-electron chi connectivity index (χ1n) is 9.51. The minimum Gasteiger partial charge on any atom is -0.493 e. The van der Waals surface area contributed by atoms with Crippen LogP contribution in [0.5, 0.6) is 17.2 Å². The van der Waals surface area contributed by atoms with Crippen LogP contribution in [0, 0.1) is 11.3 Å². The number of hydrogen-bond donors (Lipinski definition) is 2. The van der Waals surface area contributed by atoms with Crippen molar-refractivity contribution in [2.75, 3.05) is 26.6 Å². The van der Waals surface area contributed by atoms with E-state index < -0.39 is 11.8 Å². The summed E-state index contributed by atoms with van der Waals surface area (Å²) in [6.07, 6.45) is 5.12. The summed E-state index contributed by atoms with van der Waals surface area (Å²) in [7, 11) is 4.47. The molecule has 10 heteroatoms. The molecule has 31 heavy (non-hydrogen) atoms. The van der Waals surface area contributed by atoms with Crippen LogP contribution in [-0.4, -0.2) is 39.4 Å². The monoisotopic (exact) mass is 442 g/mol. The van der Waals surface area contributed by atoms with E-state index in [0.29, 0.717) is 33.4 Å². The molecule has 2 N–H and O–H groups in total. The van der Waals surface area contributed by atoms with Crippen LogP contribution in [-0.2, 0) is 22.4 Å². The Balaban J connectivity index is 1.67. The highest BCUT2D eigenvalue weighted by Crippen LogP contribution is 2.38. The van der Waals surface area contributed by atoms with Gasteiger partial charge in [-0.25, -0.2) is 5.43 Å². The second kappa shape index (κ2) is 9.95. The van der Waals surface area contributed by atoms with Crippen LogP contribution in [0.1, 0.15) is 34.4 Å². The van der Waals surface area contributed by atoms with Gasteiger partial charge < -0.3 is 19.5 Å². The maximum absolute atomic E-state index is 12.3. The number of ether oxygens (including phenoxy) is 3. The molecule has 0 atom stereocenters. The molecule has 0 unspecified atom stereocenters. The third-order valence-corrected chi connectivity index (χ3v) is 5.99. The van der Waals surface area contributed by atoms with Crippen LogP contribution in [0.3, 0.4) is 0 Å². The number of nitriles is 1. The zero-order valence-electron chi connectivity index (χ0n) is 17.4. The molecule has 1 aliphatic rings. The summed E-state index contributed by atoms with van der Waals surface area (Å²) in [4.78, 5) is 25.5. The van der Waals surface area contributed by atoms with Crippen molar-refractivity contribution in [3.63, 3.8) is 0 Å². The quantitative estimate of drug-likeness (QED) is 0.403. The number of carbonyl (C=O) groups is 2. The van der Waals surface area contributed by atoms with Gasteiger partial charge in [-0.1, -0.05) is 0 Å². The van der Waals surface area contributed by atoms with Crippen LogP contribution in [0.25, 0.3) is 0 Å². The number of anilines is 1. The van der Waals surface area contributed by atoms with Gasteiger partial charge in [-0.05, 0) is 43.4 Å². The molecule has 2 amide bonds. The molecule has 162 valence electrons. The Labute approximate surface area is 183 Å². The molecule has 1 aromatic heterocycles. The van der Waals surface area contributed by atoms with Crippen molar-refractivity contribution in [3.8, 4) is 23.3 Å². The summed E-state index contributed by atoms with van der Waals surface area (Å²) in [5.74, 6) is -0.551. The standard InChI is InChI=1S/C21H22N4O5S/c1-28-15-8-12(9-16(29-2)18(15)30-3)11-23-25-20(27)19(26)24-21-14(10-22)13-6-4-5-7-17(13)31-21/h8-9,11H,4-7H2,1-3H3,(H,24,26)(H,25,27)/b23-11+. The van der Waals surface area contributed by atoms with Crippen molar-refractivity contribution < 1.29 is 23.8 Å². The van der Waals surface area contributed by atoms with Crippen LogP contribution in [0.15, 0.2) is 17.2 Å². The molecular formula is C21H22N4O5S. The normalized spacial score (nSPS) is 12.6. The van der Waals surface area contributed by atoms with Gasteiger partial charge in [0.1, 0.15) is 11.1 Å². The maximum atomic E-state index is 12.3. The minimum absolute atomic E-state index is 0.406. The van der Waals surface area contributed by atoms with E-state index in [1.807, 2.05) is 0 Å². The number of thiophene rings is 1. The number of nitrogens with one attached hydrogen (secondary N) is 2. The van der Waals surface area contributed by atoms with Crippen LogP contribution in [0.4, 0.5) is 5.00 Å². The minimum atomic E-state index is -0.945. The Hall–Kier alpha value is -3.58. The smallest absolute Gasteiger partial charge is 0.329 e. The molecule has 0 fully saturated rings. The SMILES string of the molecule is COc1cc(/C=N/NC(=O)C(=O)Nc2sc3c(c2C#N)CCCC3)cc(OC)c1OC. The van der Waals surface area contributed by atoms with Gasteiger partial charge in [-0.3, -0.25) is 9.59 Å². The summed E-state index contributed by atoms with van der Waals surface area (Å²) in [5.41, 5.74) is 4.17. The van der Waals surface area contributed by atoms with E-state index >= 15 is 0 Å². The number of fused-ring (bicyclic) bond motifs is 1. The lowest BCUT2D eigenvalue weighted by Crippen LogP contribution is -2.32. The van der Waals surface area contributed by atoms with Crippen molar-refractivity contribution >= 4 is 34.4 Å². The lowest BCUT2D eigenvalue weighted by atomic mass is 9.96. The largest absolute Gasteiger partial charge is 0.493 e. The predicted octanol–water partition coefficient (Wildman–Crippen LogP) is 2.61. The van der Waals surface area contributed by atoms with Gasteiger partial charge in [0.2, 0.25) is 5.75 Å². The summed E-state index contributed by atoms with van der Waals surface area (Å²) in [5, 5.41) is 16.2. The number of nitrogens with zero attached hydrogens (tertiary/aromatic N) is 2. The maximum Gasteiger partial charge on any atom is 0.329 e. The molecule has 9 nitrogen and oxygen atoms in total. The predicted molar refractivity (Wildman–Crippen MR) is 116 cm³/mol. The van der Waals surface area contributed by atoms with Gasteiger partial charge in [0.15, 0.2) is 11.5 Å². The van der Waals surface area contributed by atoms with Gasteiger partial charge in [0, 0.05) is 10.4 Å². The fourth-order valence-corrected chi connectivity index (χ4v) is 4.56. The second-order valence-corrected chi connectivity index (χ2v) is 7.74. The average molecular weight is 442 g/mol. The molecule has 2 aromatic rings. The molecular weight excluding hydrogens is 420 g/mol. The topological polar surface area (TPSA) is 122 Å². The van der Waals surface area contributed by atoms with Crippen molar-refractivity contribution in [2.24, 2.45) is 5.10 Å². The zero-order chi connectivity index (χ0) is 22.4. The van der Waals surface area contributed by atoms with Gasteiger partial charge in [-0.2, -0.15) is 10.4 Å². The number of carbonyl (C=O) groups excluding carboxylic acids is 2. The van der Waals surface area contributed by atoms with Crippen molar-refractivity contribution in [2.45, 2.75) is 25.7 Å². The highest BCUT2D eigenvalue weighted by atomic mass is 32.1. The van der Waals surface area contributed by atoms with Crippen LogP contribution in [0.2, 0.25) is 0 Å². The van der Waals surface area contributed by atoms with Crippen molar-refractivity contribution in [1.29, 1.82) is 5.26 Å². The fourth-order valence-electron chi connectivity index (χ4n) is 3.32. The molecule has 0 radical (unpaired) electrons. The summed E-state index contributed by atoms with van der Waals surface area (Å²) in [6.45, 7) is 0. The Morgan fingerprint density at radius 3 is 2.39 bits per heavy atom. The van der Waals surface area contributed by atoms with E-state index in [9.17, 15) is 14.9 Å². The third-order valence-electron chi connectivity index (χ3n) is 4.78. The van der Waals surface area contributed by atoms with Gasteiger partial charge in [-0.15, -0.1) is 11.3 Å². The highest BCUT2D eigenvalue weighted by molar-refractivity contribution is 7.16. The molecule has 0 saturated carbocycles. The lowest BCUT2D eigenvalue weighted by Gasteiger charge is -2.12. The molecule has 0 bridgehead atoms. The Kier molecular flexibility index (Phi) is 7.10. The van der Waals surface area contributed by atoms with Crippen molar-refractivity contribution in [3.05, 3.63) is 33.7 Å². The average Bonchev–Trinajstić information content (AvgIpc) is 3.14. The molecule has 1 aromatic carbocycles. The molecule has 1 aliphatic carbocycles. The number of amides is 2. The Bertz CT molecular complexity index is 1050. The first-order chi connectivity index (χ1) is 15.0. The van der Waals surface area contributed by atoms with Gasteiger partial charge >= 0.3 is 11.8 Å². The third kappa shape index (κ3) is 4.78. The molecule has 0 saturated heterocycles. The second-order valence-electron chi connectivity index (χ2n) is 6.64. The number of hydrazone groups is 1. The fraction of sp³-hybridized carbons (Fsp3) is 0.333. The highest BCUT2D eigenvalue weighted by Gasteiger charge is 2.23. The van der Waals surface area contributed by atoms with Crippen LogP contribution >= 0.6 is 11.3 Å². The van der Waals surface area contributed by atoms with Crippen LogP contribution < -0.4 is 25.0 Å². The first kappa shape index (κ1) is 22.1. The lowest BCUT2D eigenvalue weighted by molar-refractivity contribution is -0.136. The summed E-state index contributed by atoms with van der Waals surface area (Å²) in [6, 6.07) is 5.43. The van der Waals surface area contributed by atoms with Gasteiger partial charge in [0.25, 0.3) is 0 Å². The zero-order valence-corrected chi connectivity index (χ0v) is 18.2. The number of hydrogen-bond acceptors (Lipinski definition) is 8. The van der Waals surface area contributed by atoms with E-state index in [-0.39, 0.29) is 0 Å². The number of aryl methyl sites for hydroxylation is 1. The summed E-state index contributed by atoms with van der Waals surface area (Å²) >= 11 is 1.35. The van der Waals surface area contributed by atoms with E-state index in [4.69, 9.17) is 14.2 Å². The summed E-state index contributed by atoms with van der Waals surface area (Å²) < 4.78 is 15.8. The molecule has 3 rings (SSSR count).